The molecule has 3 N–H and O–H groups in total. The maximum atomic E-state index is 12.8. The minimum atomic E-state index is -1.92. The molecule has 2 aliphatic rings. The van der Waals surface area contributed by atoms with E-state index in [0.29, 0.717) is 11.3 Å². The topological polar surface area (TPSA) is 96.0 Å². The minimum Gasteiger partial charge on any atom is -0.378 e. The third-order valence-corrected chi connectivity index (χ3v) is 4.81. The fourth-order valence-electron chi connectivity index (χ4n) is 2.81. The molecule has 21 heavy (non-hydrogen) atoms. The first-order valence-corrected chi connectivity index (χ1v) is 7.45. The van der Waals surface area contributed by atoms with Gasteiger partial charge in [-0.1, -0.05) is 30.0 Å². The molecular weight excluding hydrogens is 290 g/mol. The van der Waals surface area contributed by atoms with Gasteiger partial charge in [0, 0.05) is 11.6 Å². The van der Waals surface area contributed by atoms with Crippen molar-refractivity contribution in [1.29, 1.82) is 0 Å². The molecule has 0 fully saturated rings. The molecule has 110 valence electrons. The van der Waals surface area contributed by atoms with Gasteiger partial charge in [-0.05, 0) is 19.9 Å². The summed E-state index contributed by atoms with van der Waals surface area (Å²) in [7, 11) is 0. The van der Waals surface area contributed by atoms with Gasteiger partial charge >= 0.3 is 0 Å². The Labute approximate surface area is 126 Å². The number of hydrogen-bond acceptors (Lipinski definition) is 5. The van der Waals surface area contributed by atoms with Crippen LogP contribution >= 0.6 is 11.8 Å². The van der Waals surface area contributed by atoms with Gasteiger partial charge in [0.2, 0.25) is 0 Å². The predicted octanol–water partition coefficient (Wildman–Crippen LogP) is 0.586. The summed E-state index contributed by atoms with van der Waals surface area (Å²) in [4.78, 5) is 29.9. The highest BCUT2D eigenvalue weighted by molar-refractivity contribution is 8.15. The molecule has 3 rings (SSSR count). The number of amidine groups is 1. The summed E-state index contributed by atoms with van der Waals surface area (Å²) in [6, 6.07) is 6.82. The molecule has 1 aromatic rings. The quantitative estimate of drug-likeness (QED) is 0.833. The second kappa shape index (κ2) is 4.57. The van der Waals surface area contributed by atoms with E-state index in [4.69, 9.17) is 5.73 Å². The Morgan fingerprint density at radius 2 is 2.05 bits per heavy atom. The molecule has 2 aliphatic heterocycles. The van der Waals surface area contributed by atoms with E-state index in [2.05, 4.69) is 4.99 Å². The number of anilines is 1. The Morgan fingerprint density at radius 3 is 2.62 bits per heavy atom. The maximum absolute atomic E-state index is 12.8. The van der Waals surface area contributed by atoms with Gasteiger partial charge < -0.3 is 15.7 Å². The van der Waals surface area contributed by atoms with Crippen molar-refractivity contribution in [2.24, 2.45) is 10.7 Å². The van der Waals surface area contributed by atoms with E-state index < -0.39 is 22.7 Å². The van der Waals surface area contributed by atoms with Crippen LogP contribution in [0.25, 0.3) is 0 Å². The van der Waals surface area contributed by atoms with Crippen molar-refractivity contribution in [3.05, 3.63) is 29.8 Å². The molecular formula is C14H15N3O3S. The monoisotopic (exact) mass is 305 g/mol. The van der Waals surface area contributed by atoms with Crippen molar-refractivity contribution >= 4 is 34.4 Å². The van der Waals surface area contributed by atoms with Crippen molar-refractivity contribution in [2.75, 3.05) is 4.90 Å². The van der Waals surface area contributed by atoms with Crippen LogP contribution in [0, 0.1) is 0 Å². The van der Waals surface area contributed by atoms with Crippen LogP contribution in [0.15, 0.2) is 29.3 Å². The van der Waals surface area contributed by atoms with Gasteiger partial charge in [-0.15, -0.1) is 0 Å². The van der Waals surface area contributed by atoms with Crippen LogP contribution < -0.4 is 10.6 Å². The van der Waals surface area contributed by atoms with Gasteiger partial charge in [-0.25, -0.2) is 0 Å². The first-order chi connectivity index (χ1) is 9.87. The fourth-order valence-corrected chi connectivity index (χ4v) is 3.75. The van der Waals surface area contributed by atoms with Crippen LogP contribution in [-0.4, -0.2) is 33.4 Å². The van der Waals surface area contributed by atoms with Gasteiger partial charge in [0.25, 0.3) is 11.8 Å². The number of nitrogens with zero attached hydrogens (tertiary/aromatic N) is 2. The number of thioether (sulfide) groups is 1. The SMILES string of the molecule is CC(C)N1C(=O)C(O)(C2SC(N)=NC2=O)c2ccccc21. The van der Waals surface area contributed by atoms with Gasteiger partial charge in [0.1, 0.15) is 5.25 Å². The van der Waals surface area contributed by atoms with Crippen LogP contribution in [0.5, 0.6) is 0 Å². The molecule has 0 spiro atoms. The highest BCUT2D eigenvalue weighted by Gasteiger charge is 2.59. The molecule has 0 saturated carbocycles. The number of aliphatic hydroxyl groups is 1. The smallest absolute Gasteiger partial charge is 0.265 e. The van der Waals surface area contributed by atoms with E-state index in [0.717, 1.165) is 11.8 Å². The second-order valence-electron chi connectivity index (χ2n) is 5.34. The Hall–Kier alpha value is -1.86. The van der Waals surface area contributed by atoms with E-state index in [1.807, 2.05) is 13.8 Å². The Balaban J connectivity index is 2.15. The Bertz CT molecular complexity index is 673. The standard InChI is InChI=1S/C14H15N3O3S/c1-7(2)17-9-6-4-3-5-8(9)14(20,12(17)19)10-11(18)16-13(15)21-10/h3-7,10,20H,1-2H3,(H2,15,16,18). The molecule has 0 aliphatic carbocycles. The van der Waals surface area contributed by atoms with Gasteiger partial charge in [0.15, 0.2) is 10.8 Å². The number of amides is 2. The second-order valence-corrected chi connectivity index (χ2v) is 6.46. The first-order valence-electron chi connectivity index (χ1n) is 6.57. The lowest BCUT2D eigenvalue weighted by atomic mass is 9.91. The summed E-state index contributed by atoms with van der Waals surface area (Å²) >= 11 is 0.932. The molecule has 2 amide bonds. The third-order valence-electron chi connectivity index (χ3n) is 3.70. The number of carbonyl (C=O) groups excluding carboxylic acids is 2. The molecule has 6 nitrogen and oxygen atoms in total. The number of fused-ring (bicyclic) bond motifs is 1. The predicted molar refractivity (Wildman–Crippen MR) is 81.0 cm³/mol. The molecule has 0 bridgehead atoms. The summed E-state index contributed by atoms with van der Waals surface area (Å²) in [5.41, 5.74) is 4.69. The third kappa shape index (κ3) is 1.81. The van der Waals surface area contributed by atoms with Crippen molar-refractivity contribution in [3.8, 4) is 0 Å². The van der Waals surface area contributed by atoms with Crippen LogP contribution in [-0.2, 0) is 15.2 Å². The van der Waals surface area contributed by atoms with Gasteiger partial charge in [-0.3, -0.25) is 9.59 Å². The molecule has 2 atom stereocenters. The zero-order chi connectivity index (χ0) is 15.4. The molecule has 0 radical (unpaired) electrons. The minimum absolute atomic E-state index is 0.0757. The number of hydrogen-bond donors (Lipinski definition) is 2. The largest absolute Gasteiger partial charge is 0.378 e. The van der Waals surface area contributed by atoms with Crippen LogP contribution in [0.4, 0.5) is 5.69 Å². The molecule has 0 aromatic heterocycles. The highest BCUT2D eigenvalue weighted by Crippen LogP contribution is 2.47. The Kier molecular flexibility index (Phi) is 3.07. The van der Waals surface area contributed by atoms with E-state index in [-0.39, 0.29) is 11.2 Å². The van der Waals surface area contributed by atoms with Crippen molar-refractivity contribution < 1.29 is 14.7 Å². The number of aliphatic imine (C=N–C) groups is 1. The lowest BCUT2D eigenvalue weighted by molar-refractivity contribution is -0.140. The van der Waals surface area contributed by atoms with E-state index in [9.17, 15) is 14.7 Å². The van der Waals surface area contributed by atoms with Crippen molar-refractivity contribution in [1.82, 2.24) is 0 Å². The number of para-hydroxylation sites is 1. The number of rotatable bonds is 2. The van der Waals surface area contributed by atoms with Crippen LogP contribution in [0.2, 0.25) is 0 Å². The summed E-state index contributed by atoms with van der Waals surface area (Å²) in [5.74, 6) is -1.08. The van der Waals surface area contributed by atoms with E-state index in [1.54, 1.807) is 24.3 Å². The number of carbonyl (C=O) groups is 2. The molecule has 0 saturated heterocycles. The van der Waals surface area contributed by atoms with Gasteiger partial charge in [-0.2, -0.15) is 4.99 Å². The fraction of sp³-hybridized carbons (Fsp3) is 0.357. The lowest BCUT2D eigenvalue weighted by Gasteiger charge is -2.28. The Morgan fingerprint density at radius 1 is 1.38 bits per heavy atom. The number of nitrogens with two attached hydrogens (primary N) is 1. The molecule has 1 aromatic carbocycles. The molecule has 7 heteroatoms. The highest BCUT2D eigenvalue weighted by atomic mass is 32.2. The van der Waals surface area contributed by atoms with Crippen LogP contribution in [0.1, 0.15) is 19.4 Å². The van der Waals surface area contributed by atoms with E-state index in [1.165, 1.54) is 4.90 Å². The maximum Gasteiger partial charge on any atom is 0.265 e. The van der Waals surface area contributed by atoms with Crippen molar-refractivity contribution in [2.45, 2.75) is 30.7 Å². The van der Waals surface area contributed by atoms with E-state index >= 15 is 0 Å². The van der Waals surface area contributed by atoms with Crippen LogP contribution in [0.3, 0.4) is 0 Å². The summed E-state index contributed by atoms with van der Waals surface area (Å²) in [5, 5.41) is 10.1. The number of benzene rings is 1. The molecule has 2 unspecified atom stereocenters. The van der Waals surface area contributed by atoms with Gasteiger partial charge in [0.05, 0.1) is 5.69 Å². The average Bonchev–Trinajstić information content (AvgIpc) is 2.87. The summed E-state index contributed by atoms with van der Waals surface area (Å²) < 4.78 is 0. The average molecular weight is 305 g/mol. The first kappa shape index (κ1) is 14.1. The zero-order valence-corrected chi connectivity index (χ0v) is 12.4. The zero-order valence-electron chi connectivity index (χ0n) is 11.6. The van der Waals surface area contributed by atoms with Crippen molar-refractivity contribution in [3.63, 3.8) is 0 Å². The molecule has 2 heterocycles. The normalized spacial score (nSPS) is 28.3. The summed E-state index contributed by atoms with van der Waals surface area (Å²) in [6.07, 6.45) is 0. The lowest BCUT2D eigenvalue weighted by Crippen LogP contribution is -2.50. The summed E-state index contributed by atoms with van der Waals surface area (Å²) in [6.45, 7) is 3.71.